The van der Waals surface area contributed by atoms with Crippen LogP contribution in [0.4, 0.5) is 11.6 Å². The molecule has 2 heterocycles. The Morgan fingerprint density at radius 2 is 2.00 bits per heavy atom. The second-order valence-electron chi connectivity index (χ2n) is 4.59. The van der Waals surface area contributed by atoms with Gasteiger partial charge in [-0.25, -0.2) is 9.97 Å². The third-order valence-electron chi connectivity index (χ3n) is 3.10. The van der Waals surface area contributed by atoms with E-state index in [4.69, 9.17) is 11.6 Å². The Morgan fingerprint density at radius 3 is 2.81 bits per heavy atom. The largest absolute Gasteiger partial charge is 0.324 e. The summed E-state index contributed by atoms with van der Waals surface area (Å²) in [6.45, 7) is 1.51. The van der Waals surface area contributed by atoms with Crippen LogP contribution in [0.15, 0.2) is 48.7 Å². The number of carbonyl (C=O) groups excluding carboxylic acids is 1. The van der Waals surface area contributed by atoms with Crippen LogP contribution in [0.3, 0.4) is 0 Å². The van der Waals surface area contributed by atoms with Crippen molar-refractivity contribution in [2.75, 3.05) is 5.32 Å². The number of fused-ring (bicyclic) bond motifs is 1. The molecule has 0 saturated carbocycles. The van der Waals surface area contributed by atoms with Gasteiger partial charge in [0.2, 0.25) is 0 Å². The van der Waals surface area contributed by atoms with Gasteiger partial charge in [0.15, 0.2) is 5.78 Å². The summed E-state index contributed by atoms with van der Waals surface area (Å²) >= 11 is 6.15. The Labute approximate surface area is 126 Å². The van der Waals surface area contributed by atoms with Crippen LogP contribution in [-0.2, 0) is 0 Å². The number of hydrogen-bond acceptors (Lipinski definition) is 4. The zero-order valence-corrected chi connectivity index (χ0v) is 12.1. The molecule has 4 nitrogen and oxygen atoms in total. The highest BCUT2D eigenvalue weighted by Gasteiger charge is 2.09. The van der Waals surface area contributed by atoms with Crippen LogP contribution >= 0.6 is 11.6 Å². The third kappa shape index (κ3) is 2.71. The smallest absolute Gasteiger partial charge is 0.163 e. The molecule has 5 heteroatoms. The predicted octanol–water partition coefficient (Wildman–Crippen LogP) is 4.23. The molecule has 0 unspecified atom stereocenters. The van der Waals surface area contributed by atoms with E-state index in [2.05, 4.69) is 15.3 Å². The van der Waals surface area contributed by atoms with Gasteiger partial charge in [-0.15, -0.1) is 0 Å². The first-order valence-electron chi connectivity index (χ1n) is 6.43. The second-order valence-corrected chi connectivity index (χ2v) is 5.00. The Kier molecular flexibility index (Phi) is 3.54. The third-order valence-corrected chi connectivity index (χ3v) is 3.41. The number of ketones is 1. The average molecular weight is 298 g/mol. The maximum absolute atomic E-state index is 11.6. The van der Waals surface area contributed by atoms with Gasteiger partial charge in [-0.05, 0) is 37.3 Å². The van der Waals surface area contributed by atoms with Crippen LogP contribution in [0.25, 0.3) is 10.9 Å². The van der Waals surface area contributed by atoms with E-state index < -0.39 is 0 Å². The summed E-state index contributed by atoms with van der Waals surface area (Å²) < 4.78 is 0. The summed E-state index contributed by atoms with van der Waals surface area (Å²) in [5.41, 5.74) is 1.24. The lowest BCUT2D eigenvalue weighted by Crippen LogP contribution is -2.03. The summed E-state index contributed by atoms with van der Waals surface area (Å²) in [6.07, 6.45) is 1.63. The molecule has 0 radical (unpaired) electrons. The lowest BCUT2D eigenvalue weighted by molar-refractivity contribution is 0.101. The van der Waals surface area contributed by atoms with Gasteiger partial charge < -0.3 is 5.32 Å². The SMILES string of the molecule is CC(=O)c1cccnc1Nc1ccc2cccc(Cl)c2n1. The van der Waals surface area contributed by atoms with Crippen molar-refractivity contribution < 1.29 is 4.79 Å². The summed E-state index contributed by atoms with van der Waals surface area (Å²) in [6, 6.07) is 12.8. The maximum atomic E-state index is 11.6. The molecule has 2 aromatic heterocycles. The van der Waals surface area contributed by atoms with E-state index in [1.54, 1.807) is 24.4 Å². The molecule has 1 N–H and O–H groups in total. The van der Waals surface area contributed by atoms with E-state index >= 15 is 0 Å². The van der Waals surface area contributed by atoms with Gasteiger partial charge >= 0.3 is 0 Å². The molecule has 0 spiro atoms. The highest BCUT2D eigenvalue weighted by atomic mass is 35.5. The van der Waals surface area contributed by atoms with Crippen molar-refractivity contribution in [2.24, 2.45) is 0 Å². The highest BCUT2D eigenvalue weighted by Crippen LogP contribution is 2.24. The molecule has 0 saturated heterocycles. The lowest BCUT2D eigenvalue weighted by atomic mass is 10.2. The van der Waals surface area contributed by atoms with Crippen molar-refractivity contribution in [3.05, 3.63) is 59.2 Å². The molecular formula is C16H12ClN3O. The number of nitrogens with zero attached hydrogens (tertiary/aromatic N) is 2. The molecule has 0 bridgehead atoms. The van der Waals surface area contributed by atoms with Gasteiger partial charge in [-0.1, -0.05) is 23.7 Å². The molecule has 1 aromatic carbocycles. The Bertz CT molecular complexity index is 833. The normalized spacial score (nSPS) is 10.6. The summed E-state index contributed by atoms with van der Waals surface area (Å²) in [5, 5.41) is 4.62. The Morgan fingerprint density at radius 1 is 1.14 bits per heavy atom. The average Bonchev–Trinajstić information content (AvgIpc) is 2.48. The van der Waals surface area contributed by atoms with Crippen LogP contribution in [0.1, 0.15) is 17.3 Å². The van der Waals surface area contributed by atoms with E-state index in [0.717, 1.165) is 5.39 Å². The number of Topliss-reactive ketones (excluding diaryl/α,β-unsaturated/α-hetero) is 1. The van der Waals surface area contributed by atoms with Crippen molar-refractivity contribution in [1.82, 2.24) is 9.97 Å². The molecule has 3 rings (SSSR count). The quantitative estimate of drug-likeness (QED) is 0.735. The number of rotatable bonds is 3. The lowest BCUT2D eigenvalue weighted by Gasteiger charge is -2.09. The number of benzene rings is 1. The van der Waals surface area contributed by atoms with E-state index in [1.165, 1.54) is 6.92 Å². The fraction of sp³-hybridized carbons (Fsp3) is 0.0625. The molecule has 0 fully saturated rings. The van der Waals surface area contributed by atoms with Gasteiger partial charge in [-0.2, -0.15) is 0 Å². The van der Waals surface area contributed by atoms with Gasteiger partial charge in [0.25, 0.3) is 0 Å². The summed E-state index contributed by atoms with van der Waals surface area (Å²) in [4.78, 5) is 20.3. The van der Waals surface area contributed by atoms with Crippen molar-refractivity contribution in [1.29, 1.82) is 0 Å². The number of carbonyl (C=O) groups is 1. The molecular weight excluding hydrogens is 286 g/mol. The first kappa shape index (κ1) is 13.5. The number of anilines is 2. The highest BCUT2D eigenvalue weighted by molar-refractivity contribution is 6.35. The summed E-state index contributed by atoms with van der Waals surface area (Å²) in [5.74, 6) is 1.03. The Hall–Kier alpha value is -2.46. The van der Waals surface area contributed by atoms with Crippen molar-refractivity contribution >= 4 is 39.9 Å². The first-order chi connectivity index (χ1) is 10.1. The number of para-hydroxylation sites is 1. The van der Waals surface area contributed by atoms with Gasteiger partial charge in [0, 0.05) is 11.6 Å². The number of hydrogen-bond donors (Lipinski definition) is 1. The molecule has 0 aliphatic heterocycles. The van der Waals surface area contributed by atoms with Crippen molar-refractivity contribution in [3.63, 3.8) is 0 Å². The van der Waals surface area contributed by atoms with Gasteiger partial charge in [0.1, 0.15) is 11.6 Å². The van der Waals surface area contributed by atoms with E-state index in [9.17, 15) is 4.79 Å². The fourth-order valence-electron chi connectivity index (χ4n) is 2.09. The minimum Gasteiger partial charge on any atom is -0.324 e. The zero-order valence-electron chi connectivity index (χ0n) is 11.3. The van der Waals surface area contributed by atoms with E-state index in [0.29, 0.717) is 27.7 Å². The second kappa shape index (κ2) is 5.50. The van der Waals surface area contributed by atoms with E-state index in [-0.39, 0.29) is 5.78 Å². The first-order valence-corrected chi connectivity index (χ1v) is 6.81. The van der Waals surface area contributed by atoms with Crippen molar-refractivity contribution in [2.45, 2.75) is 6.92 Å². The topological polar surface area (TPSA) is 54.9 Å². The number of nitrogens with one attached hydrogen (secondary N) is 1. The molecule has 3 aromatic rings. The predicted molar refractivity (Wildman–Crippen MR) is 84.3 cm³/mol. The van der Waals surface area contributed by atoms with Crippen LogP contribution < -0.4 is 5.32 Å². The molecule has 0 atom stereocenters. The van der Waals surface area contributed by atoms with Crippen molar-refractivity contribution in [3.8, 4) is 0 Å². The molecule has 0 amide bonds. The molecule has 0 aliphatic rings. The maximum Gasteiger partial charge on any atom is 0.163 e. The minimum absolute atomic E-state index is 0.0515. The molecule has 0 aliphatic carbocycles. The van der Waals surface area contributed by atoms with Crippen LogP contribution in [-0.4, -0.2) is 15.8 Å². The Balaban J connectivity index is 2.03. The van der Waals surface area contributed by atoms with Crippen LogP contribution in [0.2, 0.25) is 5.02 Å². The summed E-state index contributed by atoms with van der Waals surface area (Å²) in [7, 11) is 0. The van der Waals surface area contributed by atoms with Crippen LogP contribution in [0, 0.1) is 0 Å². The minimum atomic E-state index is -0.0515. The van der Waals surface area contributed by atoms with Crippen LogP contribution in [0.5, 0.6) is 0 Å². The fourth-order valence-corrected chi connectivity index (χ4v) is 2.31. The number of pyridine rings is 2. The molecule has 21 heavy (non-hydrogen) atoms. The standard InChI is InChI=1S/C16H12ClN3O/c1-10(21)12-5-3-9-18-16(12)20-14-8-7-11-4-2-6-13(17)15(11)19-14/h2-9H,1H3,(H,18,19,20). The zero-order chi connectivity index (χ0) is 14.8. The van der Waals surface area contributed by atoms with Gasteiger partial charge in [0.05, 0.1) is 16.1 Å². The molecule has 104 valence electrons. The van der Waals surface area contributed by atoms with E-state index in [1.807, 2.05) is 24.3 Å². The number of halogens is 1. The number of aromatic nitrogens is 2. The monoisotopic (exact) mass is 297 g/mol. The van der Waals surface area contributed by atoms with Gasteiger partial charge in [-0.3, -0.25) is 4.79 Å².